The highest BCUT2D eigenvalue weighted by Crippen LogP contribution is 2.28. The largest absolute Gasteiger partial charge is 0.396 e. The molecule has 2 aromatic rings. The molecule has 0 bridgehead atoms. The van der Waals surface area contributed by atoms with Gasteiger partial charge in [-0.25, -0.2) is 13.8 Å². The SMILES string of the molecule is CCON=C(c1ccc(F)cc1F)C1CCN(C(=O)C2CCN(Cc3ccnc(N)c3)CC2)CC1. The van der Waals surface area contributed by atoms with E-state index in [9.17, 15) is 13.6 Å². The molecule has 2 aliphatic heterocycles. The number of rotatable bonds is 7. The second-order valence-electron chi connectivity index (χ2n) is 9.26. The van der Waals surface area contributed by atoms with E-state index < -0.39 is 11.6 Å². The van der Waals surface area contributed by atoms with Gasteiger partial charge >= 0.3 is 0 Å². The molecule has 0 unspecified atom stereocenters. The maximum atomic E-state index is 14.5. The first-order chi connectivity index (χ1) is 16.9. The molecule has 188 valence electrons. The van der Waals surface area contributed by atoms with Gasteiger partial charge < -0.3 is 15.5 Å². The Morgan fingerprint density at radius 2 is 1.80 bits per heavy atom. The number of likely N-dealkylation sites (tertiary alicyclic amines) is 2. The van der Waals surface area contributed by atoms with Crippen molar-refractivity contribution in [2.24, 2.45) is 17.0 Å². The lowest BCUT2D eigenvalue weighted by Crippen LogP contribution is -2.46. The molecule has 7 nitrogen and oxygen atoms in total. The molecule has 0 aliphatic carbocycles. The first kappa shape index (κ1) is 25.0. The molecule has 0 atom stereocenters. The van der Waals surface area contributed by atoms with Crippen molar-refractivity contribution in [2.75, 3.05) is 38.5 Å². The Morgan fingerprint density at radius 3 is 2.46 bits per heavy atom. The highest BCUT2D eigenvalue weighted by molar-refractivity contribution is 6.02. The molecule has 2 fully saturated rings. The molecule has 0 saturated carbocycles. The number of nitrogen functional groups attached to an aromatic ring is 1. The molecule has 0 spiro atoms. The van der Waals surface area contributed by atoms with Gasteiger partial charge in [0.25, 0.3) is 0 Å². The molecule has 3 heterocycles. The van der Waals surface area contributed by atoms with E-state index in [1.165, 1.54) is 12.1 Å². The van der Waals surface area contributed by atoms with Crippen LogP contribution in [0, 0.1) is 23.5 Å². The third kappa shape index (κ3) is 6.33. The summed E-state index contributed by atoms with van der Waals surface area (Å²) < 4.78 is 27.9. The van der Waals surface area contributed by atoms with E-state index in [4.69, 9.17) is 10.6 Å². The number of carbonyl (C=O) groups is 1. The fourth-order valence-corrected chi connectivity index (χ4v) is 5.00. The van der Waals surface area contributed by atoms with Crippen LogP contribution in [-0.2, 0) is 16.2 Å². The molecule has 1 aromatic carbocycles. The summed E-state index contributed by atoms with van der Waals surface area (Å²) in [6.45, 7) is 5.88. The van der Waals surface area contributed by atoms with Crippen LogP contribution in [0.15, 0.2) is 41.7 Å². The molecular weight excluding hydrogens is 452 g/mol. The Hall–Kier alpha value is -3.07. The quantitative estimate of drug-likeness (QED) is 0.476. The molecule has 35 heavy (non-hydrogen) atoms. The van der Waals surface area contributed by atoms with Gasteiger partial charge in [-0.2, -0.15) is 0 Å². The third-order valence-corrected chi connectivity index (χ3v) is 6.88. The lowest BCUT2D eigenvalue weighted by molar-refractivity contribution is -0.138. The molecule has 9 heteroatoms. The number of benzene rings is 1. The Labute approximate surface area is 204 Å². The zero-order valence-electron chi connectivity index (χ0n) is 20.1. The number of carbonyl (C=O) groups excluding carboxylic acids is 1. The zero-order valence-corrected chi connectivity index (χ0v) is 20.1. The Bertz CT molecular complexity index is 1050. The number of pyridine rings is 1. The van der Waals surface area contributed by atoms with Crippen molar-refractivity contribution in [2.45, 2.75) is 39.2 Å². The molecule has 2 N–H and O–H groups in total. The van der Waals surface area contributed by atoms with Crippen LogP contribution < -0.4 is 5.73 Å². The first-order valence-corrected chi connectivity index (χ1v) is 12.3. The van der Waals surface area contributed by atoms with E-state index in [-0.39, 0.29) is 23.3 Å². The predicted molar refractivity (Wildman–Crippen MR) is 130 cm³/mol. The topological polar surface area (TPSA) is 84.0 Å². The summed E-state index contributed by atoms with van der Waals surface area (Å²) in [5.74, 6) is -0.585. The minimum atomic E-state index is -0.650. The average Bonchev–Trinajstić information content (AvgIpc) is 2.86. The van der Waals surface area contributed by atoms with Crippen molar-refractivity contribution in [1.82, 2.24) is 14.8 Å². The summed E-state index contributed by atoms with van der Waals surface area (Å²) in [5, 5.41) is 4.17. The number of nitrogens with two attached hydrogens (primary N) is 1. The van der Waals surface area contributed by atoms with Gasteiger partial charge in [0, 0.05) is 49.3 Å². The smallest absolute Gasteiger partial charge is 0.225 e. The molecule has 2 aliphatic rings. The summed E-state index contributed by atoms with van der Waals surface area (Å²) in [5.41, 5.74) is 7.65. The average molecular weight is 486 g/mol. The van der Waals surface area contributed by atoms with E-state index in [1.807, 2.05) is 17.0 Å². The van der Waals surface area contributed by atoms with Crippen molar-refractivity contribution in [3.8, 4) is 0 Å². The minimum absolute atomic E-state index is 0.0245. The lowest BCUT2D eigenvalue weighted by Gasteiger charge is -2.37. The number of piperidine rings is 2. The standard InChI is InChI=1S/C26H33F2N5O2/c1-2-35-31-25(22-4-3-21(27)16-23(22)28)19-8-13-33(14-9-19)26(34)20-6-11-32(12-7-20)17-18-5-10-30-24(29)15-18/h3-5,10,15-16,19-20H,2,6-9,11-14,17H2,1H3,(H2,29,30). The number of aromatic nitrogens is 1. The van der Waals surface area contributed by atoms with Crippen LogP contribution in [0.1, 0.15) is 43.7 Å². The number of hydrogen-bond acceptors (Lipinski definition) is 6. The Kier molecular flexibility index (Phi) is 8.28. The van der Waals surface area contributed by atoms with Crippen molar-refractivity contribution in [3.05, 3.63) is 59.3 Å². The summed E-state index contributed by atoms with van der Waals surface area (Å²) >= 11 is 0. The predicted octanol–water partition coefficient (Wildman–Crippen LogP) is 3.83. The normalized spacial score (nSPS) is 18.6. The van der Waals surface area contributed by atoms with E-state index in [1.54, 1.807) is 13.1 Å². The number of oxime groups is 1. The molecular formula is C26H33F2N5O2. The van der Waals surface area contributed by atoms with Crippen molar-refractivity contribution >= 4 is 17.4 Å². The zero-order chi connectivity index (χ0) is 24.8. The van der Waals surface area contributed by atoms with E-state index >= 15 is 0 Å². The lowest BCUT2D eigenvalue weighted by atomic mass is 9.86. The second-order valence-corrected chi connectivity index (χ2v) is 9.26. The fraction of sp³-hybridized carbons (Fsp3) is 0.500. The molecule has 4 rings (SSSR count). The van der Waals surface area contributed by atoms with Crippen molar-refractivity contribution in [1.29, 1.82) is 0 Å². The molecule has 0 radical (unpaired) electrons. The van der Waals surface area contributed by atoms with Crippen molar-refractivity contribution < 1.29 is 18.4 Å². The van der Waals surface area contributed by atoms with Gasteiger partial charge in [0.05, 0.1) is 5.71 Å². The van der Waals surface area contributed by atoms with Crippen LogP contribution in [0.4, 0.5) is 14.6 Å². The third-order valence-electron chi connectivity index (χ3n) is 6.88. The van der Waals surface area contributed by atoms with Gasteiger partial charge in [-0.1, -0.05) is 5.16 Å². The highest BCUT2D eigenvalue weighted by Gasteiger charge is 2.33. The van der Waals surface area contributed by atoms with Crippen LogP contribution >= 0.6 is 0 Å². The van der Waals surface area contributed by atoms with Crippen LogP contribution in [-0.4, -0.2) is 59.2 Å². The second kappa shape index (κ2) is 11.6. The first-order valence-electron chi connectivity index (χ1n) is 12.3. The van der Waals surface area contributed by atoms with Gasteiger partial charge in [0.1, 0.15) is 24.1 Å². The van der Waals surface area contributed by atoms with E-state index in [0.717, 1.165) is 44.1 Å². The molecule has 1 amide bonds. The van der Waals surface area contributed by atoms with Gasteiger partial charge in [0.15, 0.2) is 0 Å². The molecule has 2 saturated heterocycles. The molecule has 1 aromatic heterocycles. The number of anilines is 1. The van der Waals surface area contributed by atoms with E-state index in [2.05, 4.69) is 15.0 Å². The van der Waals surface area contributed by atoms with Crippen LogP contribution in [0.2, 0.25) is 0 Å². The highest BCUT2D eigenvalue weighted by atomic mass is 19.1. The Balaban J connectivity index is 1.31. The maximum absolute atomic E-state index is 14.5. The maximum Gasteiger partial charge on any atom is 0.225 e. The number of nitrogens with zero attached hydrogens (tertiary/aromatic N) is 4. The summed E-state index contributed by atoms with van der Waals surface area (Å²) in [6, 6.07) is 7.37. The van der Waals surface area contributed by atoms with Crippen LogP contribution in [0.3, 0.4) is 0 Å². The summed E-state index contributed by atoms with van der Waals surface area (Å²) in [6.07, 6.45) is 4.71. The van der Waals surface area contributed by atoms with Gasteiger partial charge in [-0.05, 0) is 75.5 Å². The van der Waals surface area contributed by atoms with Crippen LogP contribution in [0.5, 0.6) is 0 Å². The van der Waals surface area contributed by atoms with Gasteiger partial charge in [-0.15, -0.1) is 0 Å². The van der Waals surface area contributed by atoms with Crippen molar-refractivity contribution in [3.63, 3.8) is 0 Å². The Morgan fingerprint density at radius 1 is 1.09 bits per heavy atom. The minimum Gasteiger partial charge on any atom is -0.396 e. The number of hydrogen-bond donors (Lipinski definition) is 1. The number of amides is 1. The fourth-order valence-electron chi connectivity index (χ4n) is 5.00. The van der Waals surface area contributed by atoms with Gasteiger partial charge in [0.2, 0.25) is 5.91 Å². The monoisotopic (exact) mass is 485 g/mol. The summed E-state index contributed by atoms with van der Waals surface area (Å²) in [7, 11) is 0. The van der Waals surface area contributed by atoms with E-state index in [0.29, 0.717) is 44.1 Å². The summed E-state index contributed by atoms with van der Waals surface area (Å²) in [4.78, 5) is 26.8. The number of halogens is 2. The van der Waals surface area contributed by atoms with Gasteiger partial charge in [-0.3, -0.25) is 9.69 Å². The van der Waals surface area contributed by atoms with Crippen LogP contribution in [0.25, 0.3) is 0 Å².